The molecule has 2 atom stereocenters. The van der Waals surface area contributed by atoms with Gasteiger partial charge in [-0.1, -0.05) is 58.4 Å². The van der Waals surface area contributed by atoms with E-state index < -0.39 is 6.23 Å². The summed E-state index contributed by atoms with van der Waals surface area (Å²) in [4.78, 5) is 0. The fourth-order valence-electron chi connectivity index (χ4n) is 3.74. The highest BCUT2D eigenvalue weighted by Crippen LogP contribution is 2.48. The zero-order valence-corrected chi connectivity index (χ0v) is 15.9. The van der Waals surface area contributed by atoms with Gasteiger partial charge >= 0.3 is 0 Å². The normalized spacial score (nSPS) is 20.5. The fourth-order valence-corrected chi connectivity index (χ4v) is 4.12. The average Bonchev–Trinajstić information content (AvgIpc) is 3.14. The molecule has 2 aliphatic rings. The Morgan fingerprint density at radius 1 is 1.00 bits per heavy atom. The summed E-state index contributed by atoms with van der Waals surface area (Å²) in [5.74, 6) is 0.541. The van der Waals surface area contributed by atoms with Gasteiger partial charge < -0.3 is 4.74 Å². The number of fused-ring (bicyclic) bond motifs is 3. The molecule has 0 saturated heterocycles. The maximum atomic E-state index is 13.8. The van der Waals surface area contributed by atoms with Crippen molar-refractivity contribution in [2.24, 2.45) is 5.10 Å². The van der Waals surface area contributed by atoms with Crippen molar-refractivity contribution in [1.82, 2.24) is 5.01 Å². The average molecular weight is 423 g/mol. The van der Waals surface area contributed by atoms with Crippen LogP contribution in [0, 0.1) is 5.82 Å². The Hall–Kier alpha value is -2.66. The zero-order chi connectivity index (χ0) is 18.4. The van der Waals surface area contributed by atoms with Crippen LogP contribution in [0.2, 0.25) is 0 Å². The second kappa shape index (κ2) is 6.50. The summed E-state index contributed by atoms with van der Waals surface area (Å²) in [6.07, 6.45) is 0.323. The van der Waals surface area contributed by atoms with Gasteiger partial charge in [0.25, 0.3) is 0 Å². The molecule has 0 spiro atoms. The number of hydrogen-bond donors (Lipinski definition) is 0. The van der Waals surface area contributed by atoms with Crippen LogP contribution in [-0.4, -0.2) is 10.7 Å². The van der Waals surface area contributed by atoms with Crippen molar-refractivity contribution in [3.8, 4) is 5.75 Å². The van der Waals surface area contributed by atoms with E-state index in [2.05, 4.69) is 34.1 Å². The van der Waals surface area contributed by atoms with Gasteiger partial charge in [0.1, 0.15) is 11.6 Å². The van der Waals surface area contributed by atoms with Crippen LogP contribution in [0.4, 0.5) is 4.39 Å². The molecule has 0 saturated carbocycles. The highest BCUT2D eigenvalue weighted by Gasteiger charge is 2.41. The van der Waals surface area contributed by atoms with E-state index in [1.54, 1.807) is 6.07 Å². The van der Waals surface area contributed by atoms with Gasteiger partial charge in [-0.2, -0.15) is 5.10 Å². The summed E-state index contributed by atoms with van der Waals surface area (Å²) in [5, 5.41) is 6.85. The maximum absolute atomic E-state index is 13.8. The zero-order valence-electron chi connectivity index (χ0n) is 14.3. The van der Waals surface area contributed by atoms with Gasteiger partial charge in [-0.25, -0.2) is 9.40 Å². The number of ether oxygens (including phenoxy) is 1. The minimum absolute atomic E-state index is 0.0507. The Bertz CT molecular complexity index is 1040. The fraction of sp³-hybridized carbons (Fsp3) is 0.136. The monoisotopic (exact) mass is 422 g/mol. The van der Waals surface area contributed by atoms with Crippen molar-refractivity contribution in [3.63, 3.8) is 0 Å². The van der Waals surface area contributed by atoms with Crippen molar-refractivity contribution in [2.45, 2.75) is 18.7 Å². The van der Waals surface area contributed by atoms with Crippen LogP contribution < -0.4 is 4.74 Å². The van der Waals surface area contributed by atoms with Gasteiger partial charge in [-0.15, -0.1) is 0 Å². The predicted octanol–water partition coefficient (Wildman–Crippen LogP) is 5.83. The Morgan fingerprint density at radius 3 is 2.67 bits per heavy atom. The Morgan fingerprint density at radius 2 is 1.85 bits per heavy atom. The van der Waals surface area contributed by atoms with Crippen LogP contribution >= 0.6 is 15.9 Å². The van der Waals surface area contributed by atoms with Gasteiger partial charge in [0.2, 0.25) is 6.23 Å². The topological polar surface area (TPSA) is 24.8 Å². The molecule has 0 aliphatic carbocycles. The lowest BCUT2D eigenvalue weighted by atomic mass is 9.96. The lowest BCUT2D eigenvalue weighted by Crippen LogP contribution is -2.33. The first-order chi connectivity index (χ1) is 13.2. The lowest BCUT2D eigenvalue weighted by molar-refractivity contribution is -0.0192. The van der Waals surface area contributed by atoms with Gasteiger partial charge in [0, 0.05) is 22.0 Å². The third-order valence-corrected chi connectivity index (χ3v) is 5.49. The number of nitrogens with zero attached hydrogens (tertiary/aromatic N) is 2. The first kappa shape index (κ1) is 16.5. The van der Waals surface area contributed by atoms with Crippen molar-refractivity contribution in [2.75, 3.05) is 0 Å². The summed E-state index contributed by atoms with van der Waals surface area (Å²) in [6.45, 7) is 0. The number of halogens is 2. The van der Waals surface area contributed by atoms with Crippen molar-refractivity contribution in [1.29, 1.82) is 0 Å². The minimum Gasteiger partial charge on any atom is -0.464 e. The largest absolute Gasteiger partial charge is 0.464 e. The van der Waals surface area contributed by atoms with Crippen molar-refractivity contribution < 1.29 is 9.13 Å². The third-order valence-electron chi connectivity index (χ3n) is 4.99. The second-order valence-electron chi connectivity index (χ2n) is 6.72. The molecule has 0 radical (unpaired) electrons. The molecule has 0 N–H and O–H groups in total. The molecule has 5 rings (SSSR count). The van der Waals surface area contributed by atoms with Gasteiger partial charge in [0.05, 0.1) is 11.8 Å². The second-order valence-corrected chi connectivity index (χ2v) is 7.64. The molecule has 0 aromatic heterocycles. The van der Waals surface area contributed by atoms with Crippen LogP contribution in [0.15, 0.2) is 82.4 Å². The summed E-state index contributed by atoms with van der Waals surface area (Å²) < 4.78 is 21.1. The summed E-state index contributed by atoms with van der Waals surface area (Å²) in [6, 6.07) is 22.8. The highest BCUT2D eigenvalue weighted by molar-refractivity contribution is 9.10. The SMILES string of the molecule is Fc1cccc([C@H]2Oc3ccc(Br)cc3[C@@H]3CC(c4ccccc4)=NN23)c1. The van der Waals surface area contributed by atoms with E-state index in [0.29, 0.717) is 0 Å². The Kier molecular flexibility index (Phi) is 3.97. The van der Waals surface area contributed by atoms with Crippen LogP contribution in [0.5, 0.6) is 5.75 Å². The number of hydrogen-bond acceptors (Lipinski definition) is 3. The Balaban J connectivity index is 1.62. The molecule has 3 nitrogen and oxygen atoms in total. The molecule has 27 heavy (non-hydrogen) atoms. The van der Waals surface area contributed by atoms with E-state index in [-0.39, 0.29) is 11.9 Å². The molecular formula is C22H16BrFN2O. The van der Waals surface area contributed by atoms with E-state index in [0.717, 1.165) is 39.0 Å². The third kappa shape index (κ3) is 2.92. The van der Waals surface area contributed by atoms with Crippen molar-refractivity contribution in [3.05, 3.63) is 99.8 Å². The molecule has 0 fully saturated rings. The van der Waals surface area contributed by atoms with Crippen LogP contribution in [-0.2, 0) is 0 Å². The molecular weight excluding hydrogens is 407 g/mol. The van der Waals surface area contributed by atoms with Gasteiger partial charge in [-0.3, -0.25) is 0 Å². The summed E-state index contributed by atoms with van der Waals surface area (Å²) in [5.41, 5.74) is 3.96. The maximum Gasteiger partial charge on any atom is 0.213 e. The molecule has 3 aromatic rings. The van der Waals surface area contributed by atoms with Crippen LogP contribution in [0.1, 0.15) is 35.4 Å². The summed E-state index contributed by atoms with van der Waals surface area (Å²) >= 11 is 3.56. The van der Waals surface area contributed by atoms with E-state index in [4.69, 9.17) is 9.84 Å². The highest BCUT2D eigenvalue weighted by atomic mass is 79.9. The van der Waals surface area contributed by atoms with E-state index in [1.807, 2.05) is 41.4 Å². The number of benzene rings is 3. The minimum atomic E-state index is -0.458. The van der Waals surface area contributed by atoms with Crippen molar-refractivity contribution >= 4 is 21.6 Å². The molecule has 0 unspecified atom stereocenters. The molecule has 5 heteroatoms. The molecule has 0 bridgehead atoms. The molecule has 2 aliphatic heterocycles. The first-order valence-electron chi connectivity index (χ1n) is 8.82. The smallest absolute Gasteiger partial charge is 0.213 e. The molecule has 134 valence electrons. The van der Waals surface area contributed by atoms with E-state index in [1.165, 1.54) is 12.1 Å². The van der Waals surface area contributed by atoms with Gasteiger partial charge in [-0.05, 0) is 35.9 Å². The van der Waals surface area contributed by atoms with Crippen LogP contribution in [0.25, 0.3) is 0 Å². The van der Waals surface area contributed by atoms with E-state index in [9.17, 15) is 4.39 Å². The Labute approximate surface area is 165 Å². The molecule has 3 aromatic carbocycles. The predicted molar refractivity (Wildman–Crippen MR) is 106 cm³/mol. The van der Waals surface area contributed by atoms with E-state index >= 15 is 0 Å². The van der Waals surface area contributed by atoms with Crippen LogP contribution in [0.3, 0.4) is 0 Å². The summed E-state index contributed by atoms with van der Waals surface area (Å²) in [7, 11) is 0. The number of hydrazone groups is 1. The quantitative estimate of drug-likeness (QED) is 0.518. The molecule has 0 amide bonds. The standard InChI is InChI=1S/C22H16BrFN2O/c23-16-9-10-21-18(12-16)20-13-19(14-5-2-1-3-6-14)25-26(20)22(27-21)15-7-4-8-17(24)11-15/h1-12,20,22H,13H2/t20-,22+/m0/s1. The lowest BCUT2D eigenvalue weighted by Gasteiger charge is -2.38. The van der Waals surface area contributed by atoms with Gasteiger partial charge in [0.15, 0.2) is 0 Å². The first-order valence-corrected chi connectivity index (χ1v) is 9.61. The number of rotatable bonds is 2. The molecule has 2 heterocycles.